The number of pyridine rings is 1. The molecule has 0 radical (unpaired) electrons. The van der Waals surface area contributed by atoms with Crippen LogP contribution in [-0.4, -0.2) is 29.8 Å². The topological polar surface area (TPSA) is 49.3 Å². The van der Waals surface area contributed by atoms with E-state index in [2.05, 4.69) is 51.8 Å². The number of nitrogens with one attached hydrogen (secondary N) is 2. The zero-order valence-electron chi connectivity index (χ0n) is 14.3. The van der Waals surface area contributed by atoms with Crippen molar-refractivity contribution in [2.45, 2.75) is 30.5 Å². The highest BCUT2D eigenvalue weighted by Gasteiger charge is 2.06. The molecule has 0 aliphatic carbocycles. The number of thioether (sulfide) groups is 1. The van der Waals surface area contributed by atoms with Crippen LogP contribution in [0.4, 0.5) is 0 Å². The second-order valence-electron chi connectivity index (χ2n) is 5.32. The Morgan fingerprint density at radius 2 is 1.88 bits per heavy atom. The van der Waals surface area contributed by atoms with Crippen LogP contribution >= 0.6 is 35.7 Å². The molecule has 130 valence electrons. The molecule has 0 saturated carbocycles. The smallest absolute Gasteiger partial charge is 0.191 e. The van der Waals surface area contributed by atoms with E-state index in [9.17, 15) is 0 Å². The van der Waals surface area contributed by atoms with Crippen molar-refractivity contribution in [1.82, 2.24) is 15.6 Å². The van der Waals surface area contributed by atoms with Crippen LogP contribution in [0.5, 0.6) is 0 Å². The summed E-state index contributed by atoms with van der Waals surface area (Å²) in [6.45, 7) is 5.72. The van der Waals surface area contributed by atoms with Crippen molar-refractivity contribution >= 4 is 41.7 Å². The van der Waals surface area contributed by atoms with E-state index >= 15 is 0 Å². The lowest BCUT2D eigenvalue weighted by atomic mass is 10.3. The lowest BCUT2D eigenvalue weighted by Crippen LogP contribution is -2.39. The molecule has 1 unspecified atom stereocenters. The maximum atomic E-state index is 4.48. The molecule has 2 rings (SSSR count). The molecule has 0 saturated heterocycles. The van der Waals surface area contributed by atoms with Crippen molar-refractivity contribution in [1.29, 1.82) is 0 Å². The highest BCUT2D eigenvalue weighted by molar-refractivity contribution is 14.0. The Hall–Kier alpha value is -1.28. The van der Waals surface area contributed by atoms with E-state index in [1.807, 2.05) is 43.0 Å². The molecule has 0 fully saturated rings. The van der Waals surface area contributed by atoms with Gasteiger partial charge in [0.1, 0.15) is 0 Å². The van der Waals surface area contributed by atoms with Gasteiger partial charge in [-0.3, -0.25) is 9.98 Å². The largest absolute Gasteiger partial charge is 0.355 e. The first kappa shape index (κ1) is 20.8. The van der Waals surface area contributed by atoms with E-state index in [4.69, 9.17) is 0 Å². The SMILES string of the molecule is CN=C(NCc1cccc(C)n1)NCC(C)Sc1ccccc1.I. The maximum absolute atomic E-state index is 4.48. The Labute approximate surface area is 166 Å². The monoisotopic (exact) mass is 456 g/mol. The van der Waals surface area contributed by atoms with Gasteiger partial charge in [-0.25, -0.2) is 0 Å². The van der Waals surface area contributed by atoms with Crippen LogP contribution in [0.25, 0.3) is 0 Å². The summed E-state index contributed by atoms with van der Waals surface area (Å²) in [4.78, 5) is 10.0. The molecule has 2 N–H and O–H groups in total. The van der Waals surface area contributed by atoms with Gasteiger partial charge in [0.15, 0.2) is 5.96 Å². The predicted molar refractivity (Wildman–Crippen MR) is 114 cm³/mol. The summed E-state index contributed by atoms with van der Waals surface area (Å²) in [5.74, 6) is 0.800. The van der Waals surface area contributed by atoms with Crippen molar-refractivity contribution in [3.63, 3.8) is 0 Å². The summed E-state index contributed by atoms with van der Waals surface area (Å²) in [6, 6.07) is 16.5. The molecule has 0 aliphatic rings. The Kier molecular flexibility index (Phi) is 9.78. The molecule has 1 aromatic heterocycles. The second kappa shape index (κ2) is 11.3. The van der Waals surface area contributed by atoms with Crippen molar-refractivity contribution < 1.29 is 0 Å². The van der Waals surface area contributed by atoms with Crippen LogP contribution in [0.2, 0.25) is 0 Å². The van der Waals surface area contributed by atoms with Gasteiger partial charge in [-0.2, -0.15) is 0 Å². The molecule has 0 amide bonds. The molecule has 0 spiro atoms. The second-order valence-corrected chi connectivity index (χ2v) is 6.83. The fourth-order valence-corrected chi connectivity index (χ4v) is 3.05. The summed E-state index contributed by atoms with van der Waals surface area (Å²) >= 11 is 1.85. The first-order valence-corrected chi connectivity index (χ1v) is 8.64. The van der Waals surface area contributed by atoms with Crippen LogP contribution in [0.15, 0.2) is 58.4 Å². The number of hydrogen-bond acceptors (Lipinski definition) is 3. The minimum Gasteiger partial charge on any atom is -0.355 e. The van der Waals surface area contributed by atoms with E-state index in [0.717, 1.165) is 23.9 Å². The average Bonchev–Trinajstić information content (AvgIpc) is 2.56. The Bertz CT molecular complexity index is 634. The summed E-state index contributed by atoms with van der Waals surface area (Å²) < 4.78 is 0. The molecule has 1 atom stereocenters. The zero-order chi connectivity index (χ0) is 16.5. The number of nitrogens with zero attached hydrogens (tertiary/aromatic N) is 2. The van der Waals surface area contributed by atoms with E-state index in [0.29, 0.717) is 11.8 Å². The normalized spacial score (nSPS) is 12.2. The summed E-state index contributed by atoms with van der Waals surface area (Å²) in [5, 5.41) is 7.12. The summed E-state index contributed by atoms with van der Waals surface area (Å²) in [5.41, 5.74) is 2.04. The maximum Gasteiger partial charge on any atom is 0.191 e. The van der Waals surface area contributed by atoms with Crippen molar-refractivity contribution in [3.05, 3.63) is 59.9 Å². The third-order valence-corrected chi connectivity index (χ3v) is 4.36. The molecule has 1 heterocycles. The van der Waals surface area contributed by atoms with Gasteiger partial charge >= 0.3 is 0 Å². The van der Waals surface area contributed by atoms with Gasteiger partial charge in [0.05, 0.1) is 12.2 Å². The number of aliphatic imine (C=N–C) groups is 1. The van der Waals surface area contributed by atoms with Crippen LogP contribution in [-0.2, 0) is 6.54 Å². The quantitative estimate of drug-likeness (QED) is 0.300. The Morgan fingerprint density at radius 1 is 1.12 bits per heavy atom. The molecule has 0 aliphatic heterocycles. The summed E-state index contributed by atoms with van der Waals surface area (Å²) in [7, 11) is 1.79. The summed E-state index contributed by atoms with van der Waals surface area (Å²) in [6.07, 6.45) is 0. The number of benzene rings is 1. The van der Waals surface area contributed by atoms with Gasteiger partial charge in [-0.1, -0.05) is 31.2 Å². The van der Waals surface area contributed by atoms with Crippen molar-refractivity contribution in [3.8, 4) is 0 Å². The molecule has 0 bridgehead atoms. The van der Waals surface area contributed by atoms with Crippen LogP contribution in [0, 0.1) is 6.92 Å². The van der Waals surface area contributed by atoms with E-state index < -0.39 is 0 Å². The number of aryl methyl sites for hydroxylation is 1. The van der Waals surface area contributed by atoms with Gasteiger partial charge in [0, 0.05) is 29.4 Å². The minimum absolute atomic E-state index is 0. The van der Waals surface area contributed by atoms with Crippen LogP contribution in [0.1, 0.15) is 18.3 Å². The standard InChI is InChI=1S/C18H24N4S.HI/c1-14-8-7-9-16(22-14)13-21-18(19-3)20-12-15(2)23-17-10-5-4-6-11-17;/h4-11,15H,12-13H2,1-3H3,(H2,19,20,21);1H. The number of rotatable bonds is 6. The zero-order valence-corrected chi connectivity index (χ0v) is 17.5. The first-order valence-electron chi connectivity index (χ1n) is 7.76. The highest BCUT2D eigenvalue weighted by Crippen LogP contribution is 2.21. The number of guanidine groups is 1. The van der Waals surface area contributed by atoms with E-state index in [1.165, 1.54) is 4.90 Å². The fraction of sp³-hybridized carbons (Fsp3) is 0.333. The van der Waals surface area contributed by atoms with Crippen LogP contribution < -0.4 is 10.6 Å². The first-order chi connectivity index (χ1) is 11.2. The molecule has 4 nitrogen and oxygen atoms in total. The van der Waals surface area contributed by atoms with Gasteiger partial charge in [0.2, 0.25) is 0 Å². The van der Waals surface area contributed by atoms with Crippen molar-refractivity contribution in [2.24, 2.45) is 4.99 Å². The molecule has 1 aromatic carbocycles. The third kappa shape index (κ3) is 7.53. The van der Waals surface area contributed by atoms with Gasteiger partial charge in [-0.05, 0) is 31.2 Å². The molecule has 2 aromatic rings. The highest BCUT2D eigenvalue weighted by atomic mass is 127. The predicted octanol–water partition coefficient (Wildman–Crippen LogP) is 3.85. The molecule has 6 heteroatoms. The average molecular weight is 456 g/mol. The molecular formula is C18H25IN4S. The van der Waals surface area contributed by atoms with E-state index in [-0.39, 0.29) is 24.0 Å². The molecular weight excluding hydrogens is 431 g/mol. The molecule has 24 heavy (non-hydrogen) atoms. The Morgan fingerprint density at radius 3 is 2.54 bits per heavy atom. The van der Waals surface area contributed by atoms with Gasteiger partial charge < -0.3 is 10.6 Å². The number of halogens is 1. The number of aromatic nitrogens is 1. The van der Waals surface area contributed by atoms with Crippen molar-refractivity contribution in [2.75, 3.05) is 13.6 Å². The van der Waals surface area contributed by atoms with Gasteiger partial charge in [-0.15, -0.1) is 35.7 Å². The Balaban J connectivity index is 0.00000288. The number of hydrogen-bond donors (Lipinski definition) is 2. The minimum atomic E-state index is 0. The van der Waals surface area contributed by atoms with E-state index in [1.54, 1.807) is 7.05 Å². The lowest BCUT2D eigenvalue weighted by Gasteiger charge is -2.16. The third-order valence-electron chi connectivity index (χ3n) is 3.24. The fourth-order valence-electron chi connectivity index (χ4n) is 2.11. The lowest BCUT2D eigenvalue weighted by molar-refractivity contribution is 0.778. The van der Waals surface area contributed by atoms with Gasteiger partial charge in [0.25, 0.3) is 0 Å². The van der Waals surface area contributed by atoms with Crippen LogP contribution in [0.3, 0.4) is 0 Å².